The van der Waals surface area contributed by atoms with E-state index in [0.717, 1.165) is 92.6 Å². The average molecular weight is 1960 g/mol. The van der Waals surface area contributed by atoms with Crippen LogP contribution < -0.4 is 68.6 Å². The van der Waals surface area contributed by atoms with E-state index in [1.54, 1.807) is 105 Å². The first kappa shape index (κ1) is 123. The number of rotatable bonds is 18. The fourth-order valence-electron chi connectivity index (χ4n) is 10.6. The molecule has 10 N–H and O–H groups in total. The van der Waals surface area contributed by atoms with Gasteiger partial charge >= 0.3 is 40.7 Å². The van der Waals surface area contributed by atoms with Crippen molar-refractivity contribution in [3.8, 4) is 97.9 Å². The van der Waals surface area contributed by atoms with Crippen LogP contribution in [0.4, 0.5) is 11.4 Å². The van der Waals surface area contributed by atoms with Gasteiger partial charge in [0.2, 0.25) is 11.6 Å². The molecule has 0 saturated carbocycles. The summed E-state index contributed by atoms with van der Waals surface area (Å²) in [4.78, 5) is 50.1. The summed E-state index contributed by atoms with van der Waals surface area (Å²) in [5.74, 6) is 5.60. The monoisotopic (exact) mass is 1950 g/mol. The molecule has 0 spiro atoms. The number of nitrogens with zero attached hydrogens (tertiary/aromatic N) is 20. The summed E-state index contributed by atoms with van der Waals surface area (Å²) in [6.45, 7) is 15.1. The molecular weight excluding hydrogens is 1850 g/mol. The number of hydrazine groups is 1. The van der Waals surface area contributed by atoms with Gasteiger partial charge in [-0.05, 0) is 206 Å². The fourth-order valence-corrected chi connectivity index (χ4v) is 10.6. The number of H-pyrrole nitrogens is 2. The van der Waals surface area contributed by atoms with E-state index < -0.39 is 11.2 Å². The van der Waals surface area contributed by atoms with Crippen LogP contribution in [-0.4, -0.2) is 131 Å². The van der Waals surface area contributed by atoms with Crippen LogP contribution in [0.5, 0.6) is 0 Å². The predicted octanol–water partition coefficient (Wildman–Crippen LogP) is 14.8. The largest absolute Gasteiger partial charge is 1.00 e. The zero-order chi connectivity index (χ0) is 94.1. The number of hydrogen-bond acceptors (Lipinski definition) is 26. The molecule has 35 nitrogen and oxygen atoms in total. The van der Waals surface area contributed by atoms with Crippen LogP contribution in [0, 0.1) is 45.3 Å². The number of nitriles is 4. The van der Waals surface area contributed by atoms with Gasteiger partial charge in [-0.25, -0.2) is 18.8 Å². The Morgan fingerprint density at radius 3 is 1.08 bits per heavy atom. The van der Waals surface area contributed by atoms with Crippen LogP contribution in [0.15, 0.2) is 297 Å². The number of aromatic nitrogens is 14. The summed E-state index contributed by atoms with van der Waals surface area (Å²) in [6, 6.07) is 92.7. The van der Waals surface area contributed by atoms with Crippen LogP contribution in [0.2, 0.25) is 0 Å². The van der Waals surface area contributed by atoms with Gasteiger partial charge in [-0.2, -0.15) is 57.1 Å². The Labute approximate surface area is 831 Å². The Bertz CT molecular complexity index is 6130. The maximum absolute atomic E-state index is 11.4. The van der Waals surface area contributed by atoms with Crippen LogP contribution in [0.3, 0.4) is 0 Å². The van der Waals surface area contributed by atoms with Gasteiger partial charge in [0.15, 0.2) is 18.4 Å². The van der Waals surface area contributed by atoms with Gasteiger partial charge in [0, 0.05) is 76.4 Å². The number of tetrazole rings is 2. The number of nitrogens with two attached hydrogens (primary N) is 1. The van der Waals surface area contributed by atoms with E-state index in [1.807, 2.05) is 225 Å². The second kappa shape index (κ2) is 69.4. The Morgan fingerprint density at radius 1 is 0.511 bits per heavy atom. The van der Waals surface area contributed by atoms with E-state index >= 15 is 0 Å². The molecular formula is C93H100Cl5N27NaO8P. The molecule has 0 atom stereocenters. The van der Waals surface area contributed by atoms with Crippen LogP contribution in [0.25, 0.3) is 89.6 Å². The minimum atomic E-state index is -3.22. The van der Waals surface area contributed by atoms with Crippen LogP contribution in [-0.2, 0) is 14.2 Å². The number of aromatic amines is 2. The summed E-state index contributed by atoms with van der Waals surface area (Å²) in [7, 11) is 0. The summed E-state index contributed by atoms with van der Waals surface area (Å²) >= 11 is 18.2. The number of hydrogen-bond donors (Lipinski definition) is 9. The number of Topliss-reactive ketones (excluding diaryl/α,β-unsaturated/α-hetero) is 1. The van der Waals surface area contributed by atoms with E-state index in [1.165, 1.54) is 29.5 Å². The Morgan fingerprint density at radius 2 is 0.807 bits per heavy atom. The van der Waals surface area contributed by atoms with E-state index in [4.69, 9.17) is 43.2 Å². The number of hydrazone groups is 1. The smallest absolute Gasteiger partial charge is 1.00 e. The summed E-state index contributed by atoms with van der Waals surface area (Å²) in [6.07, 6.45) is 6.76. The zero-order valence-electron chi connectivity index (χ0n) is 71.2. The van der Waals surface area contributed by atoms with Gasteiger partial charge in [-0.3, -0.25) is 35.1 Å². The molecule has 0 aliphatic carbocycles. The Balaban J connectivity index is 0. The molecule has 0 amide bonds. The average Bonchev–Trinajstić information content (AvgIpc) is 1.66. The molecule has 0 aliphatic heterocycles. The summed E-state index contributed by atoms with van der Waals surface area (Å²) in [5.41, 5.74) is 35.7. The number of aldehydes is 2. The number of carbonyl (C=O) groups is 4. The molecule has 0 aliphatic rings. The van der Waals surface area contributed by atoms with E-state index in [9.17, 15) is 29.0 Å². The molecule has 15 aromatic rings. The molecule has 696 valence electrons. The first-order chi connectivity index (χ1) is 62.4. The van der Waals surface area contributed by atoms with Crippen molar-refractivity contribution in [3.63, 3.8) is 0 Å². The minimum absolute atomic E-state index is 0. The summed E-state index contributed by atoms with van der Waals surface area (Å²) in [5, 5.41) is 92.1. The van der Waals surface area contributed by atoms with Gasteiger partial charge in [0.05, 0.1) is 99.7 Å². The minimum Gasteiger partial charge on any atom is -1.00 e. The van der Waals surface area contributed by atoms with E-state index in [-0.39, 0.29) is 77.5 Å². The SMILES string of the molecule is C.C.C.C.C/C(=N\Nc1ccc(C#N)cc1)c1ccccc1.CC(=O)OO.CC(=O)c1ccccc1.CC[NH+](CC)CC.N#Cc1ccc(-n2cc(C=O)c(-c3ccccc3)n2)cc1.N#Cc1ccc(NN)cc1.N#Cc1cn(-c2ccc(-c3nn[nH]n3)cc2)nc1-c1ccccc1.O=Cc1cn(-c2ccc(-c3nn[nH]n3)cc2)nc1-c1ccccc1.O=P(Cl)(Cl)Cl.ONCl.[Cl-].[N-]=[N+]=[N-].[Na+]. The third kappa shape index (κ3) is 44.5. The Kier molecular flexibility index (Phi) is 63.0. The van der Waals surface area contributed by atoms with Crippen LogP contribution in [0.1, 0.15) is 130 Å². The summed E-state index contributed by atoms with van der Waals surface area (Å²) < 4.78 is 14.5. The van der Waals surface area contributed by atoms with Gasteiger partial charge in [-0.15, -0.1) is 25.4 Å². The van der Waals surface area contributed by atoms with Crippen molar-refractivity contribution in [2.24, 2.45) is 10.9 Å². The first-order valence-electron chi connectivity index (χ1n) is 38.1. The molecule has 15 rings (SSSR count). The number of nitrogens with one attached hydrogen (secondary N) is 6. The quantitative estimate of drug-likeness (QED) is 0.00313. The molecule has 0 saturated heterocycles. The topological polar surface area (TPSA) is 530 Å². The maximum Gasteiger partial charge on any atom is 1.00 e. The molecule has 0 fully saturated rings. The van der Waals surface area contributed by atoms with Crippen molar-refractivity contribution in [3.05, 3.63) is 352 Å². The number of quaternary nitrogens is 1. The fraction of sp³-hybridized carbons (Fsp3) is 0.140. The number of nitrogen functional groups attached to an aromatic ring is 1. The molecule has 10 aromatic carbocycles. The Hall–Kier alpha value is -14.5. The zero-order valence-corrected chi connectivity index (χ0v) is 77.9. The van der Waals surface area contributed by atoms with Crippen molar-refractivity contribution in [2.45, 2.75) is 71.2 Å². The molecule has 5 aromatic heterocycles. The number of halogens is 5. The molecule has 0 radical (unpaired) electrons. The molecule has 0 unspecified atom stereocenters. The van der Waals surface area contributed by atoms with E-state index in [0.29, 0.717) is 62.1 Å². The predicted molar refractivity (Wildman–Crippen MR) is 522 cm³/mol. The second-order valence-electron chi connectivity index (χ2n) is 25.3. The van der Waals surface area contributed by atoms with Crippen molar-refractivity contribution in [1.82, 2.24) is 75.6 Å². The number of ketones is 1. The van der Waals surface area contributed by atoms with Gasteiger partial charge in [0.25, 0.3) is 0 Å². The molecule has 42 heteroatoms. The number of carbonyl (C=O) groups excluding carboxylic acids is 4. The van der Waals surface area contributed by atoms with Crippen molar-refractivity contribution in [2.75, 3.05) is 30.5 Å². The number of benzene rings is 10. The first-order valence-corrected chi connectivity index (χ1v) is 42.9. The standard InChI is InChI=1S/C17H11N7.C17H12N6O.C17H11N3O.C15H13N3.C8H8O.C7H7N3.C6H15N.C2H4O3.4CH4.Cl3OP.ClH2NO.ClH.N3.Na/c18-10-14-11-24(21-16(14)12-4-2-1-3-5-12)15-8-6-13(7-9-15)17-19-22-23-20-17;24-11-14-10-23(20-16(14)12-4-2-1-3-5-12)15-8-6-13(7-9-15)17-18-21-22-19-17;18-10-13-6-8-16(9-7-13)20-11-15(12-21)17(19-20)14-4-2-1-3-5-14;1-12(14-5-3-2-4-6-14)17-18-15-9-7-13(11-16)8-10-15;1-7(9)8-5-3-2-4-6-8;8-5-6-1-3-7(10-9)4-2-6;1-4-7(5-2)6-3;1-2(3)5-4;;;;;1-5(2,3)4;1-2-3;;1-3-2;/h1-9,11H,(H,19,20,22,23);1-11H,(H,18,19,21,22);1-9,11-12H;2-10,18H,1H3;2-6H,1H3;1-4,10H,9H2;4-6H2,1-3H3;4H,1H3;4*1H4;;2-3H;1H;;/q;;;;;;;;;;;;;;;-1;+1/b;;;17-12+;;;;;;;;;;;;;. The molecule has 0 bridgehead atoms. The number of anilines is 2. The van der Waals surface area contributed by atoms with Crippen molar-refractivity contribution >= 4 is 92.1 Å². The molecule has 5 heterocycles. The van der Waals surface area contributed by atoms with Gasteiger partial charge < -0.3 is 43.9 Å². The van der Waals surface area contributed by atoms with E-state index in [2.05, 4.69) is 162 Å². The maximum atomic E-state index is 11.4. The second-order valence-corrected chi connectivity index (χ2v) is 32.2. The van der Waals surface area contributed by atoms with Gasteiger partial charge in [0.1, 0.15) is 23.2 Å². The van der Waals surface area contributed by atoms with Crippen molar-refractivity contribution in [1.29, 1.82) is 21.0 Å². The van der Waals surface area contributed by atoms with Crippen molar-refractivity contribution < 1.29 is 86.0 Å². The third-order valence-corrected chi connectivity index (χ3v) is 17.0. The third-order valence-electron chi connectivity index (χ3n) is 17.0. The van der Waals surface area contributed by atoms with Crippen LogP contribution >= 0.6 is 50.7 Å². The van der Waals surface area contributed by atoms with Gasteiger partial charge in [-0.1, -0.05) is 181 Å². The molecule has 135 heavy (non-hydrogen) atoms. The normalized spacial score (nSPS) is 9.39.